The van der Waals surface area contributed by atoms with Crippen molar-refractivity contribution in [2.75, 3.05) is 6.61 Å². The molecule has 0 fully saturated rings. The second kappa shape index (κ2) is 6.05. The third kappa shape index (κ3) is 3.50. The number of carbonyl (C=O) groups excluding carboxylic acids is 1. The van der Waals surface area contributed by atoms with E-state index >= 15 is 0 Å². The summed E-state index contributed by atoms with van der Waals surface area (Å²) in [5.41, 5.74) is 1.97. The highest BCUT2D eigenvalue weighted by molar-refractivity contribution is 6.01. The van der Waals surface area contributed by atoms with Gasteiger partial charge in [-0.05, 0) is 26.0 Å². The van der Waals surface area contributed by atoms with Gasteiger partial charge in [-0.2, -0.15) is 4.99 Å². The molecule has 0 saturated carbocycles. The van der Waals surface area contributed by atoms with Crippen LogP contribution in [0.5, 0.6) is 0 Å². The first-order valence-electron chi connectivity index (χ1n) is 5.48. The van der Waals surface area contributed by atoms with Gasteiger partial charge in [0.1, 0.15) is 0 Å². The number of nitrogens with zero attached hydrogens (tertiary/aromatic N) is 1. The van der Waals surface area contributed by atoms with Crippen molar-refractivity contribution in [1.29, 1.82) is 0 Å². The molecule has 0 N–H and O–H groups in total. The fraction of sp³-hybridized carbons (Fsp3) is 0.385. The highest BCUT2D eigenvalue weighted by atomic mass is 16.5. The quantitative estimate of drug-likeness (QED) is 0.579. The molecule has 0 bridgehead atoms. The molecule has 86 valence electrons. The Morgan fingerprint density at radius 1 is 1.38 bits per heavy atom. The third-order valence-corrected chi connectivity index (χ3v) is 2.07. The van der Waals surface area contributed by atoms with E-state index in [1.807, 2.05) is 38.1 Å². The molecule has 0 aromatic heterocycles. The SMILES string of the molecule is CCO/C(=N\C(=O)CC)c1cccc(C)c1. The van der Waals surface area contributed by atoms with Gasteiger partial charge in [0.2, 0.25) is 11.8 Å². The third-order valence-electron chi connectivity index (χ3n) is 2.07. The van der Waals surface area contributed by atoms with E-state index in [4.69, 9.17) is 4.74 Å². The largest absolute Gasteiger partial charge is 0.477 e. The maximum Gasteiger partial charge on any atom is 0.248 e. The summed E-state index contributed by atoms with van der Waals surface area (Å²) in [6.45, 7) is 6.16. The van der Waals surface area contributed by atoms with Gasteiger partial charge in [-0.3, -0.25) is 4.79 Å². The topological polar surface area (TPSA) is 38.7 Å². The van der Waals surface area contributed by atoms with Crippen molar-refractivity contribution >= 4 is 11.8 Å². The van der Waals surface area contributed by atoms with Gasteiger partial charge in [0.15, 0.2) is 0 Å². The van der Waals surface area contributed by atoms with Crippen LogP contribution in [-0.4, -0.2) is 18.4 Å². The molecule has 0 spiro atoms. The number of hydrogen-bond acceptors (Lipinski definition) is 2. The Morgan fingerprint density at radius 2 is 2.12 bits per heavy atom. The van der Waals surface area contributed by atoms with Crippen molar-refractivity contribution in [3.05, 3.63) is 35.4 Å². The molecule has 0 heterocycles. The molecule has 0 aliphatic rings. The number of carbonyl (C=O) groups is 1. The van der Waals surface area contributed by atoms with E-state index in [0.29, 0.717) is 18.9 Å². The van der Waals surface area contributed by atoms with Crippen LogP contribution in [0.15, 0.2) is 29.3 Å². The second-order valence-corrected chi connectivity index (χ2v) is 3.47. The number of benzene rings is 1. The first kappa shape index (κ1) is 12.4. The Kier molecular flexibility index (Phi) is 4.70. The zero-order valence-corrected chi connectivity index (χ0v) is 9.99. The number of aliphatic imine (C=N–C) groups is 1. The van der Waals surface area contributed by atoms with Gasteiger partial charge in [-0.1, -0.05) is 24.6 Å². The minimum atomic E-state index is -0.162. The van der Waals surface area contributed by atoms with E-state index in [1.54, 1.807) is 6.92 Å². The van der Waals surface area contributed by atoms with E-state index < -0.39 is 0 Å². The van der Waals surface area contributed by atoms with E-state index in [0.717, 1.165) is 11.1 Å². The summed E-state index contributed by atoms with van der Waals surface area (Å²) in [5, 5.41) is 0. The van der Waals surface area contributed by atoms with Gasteiger partial charge in [-0.25, -0.2) is 0 Å². The Hall–Kier alpha value is -1.64. The second-order valence-electron chi connectivity index (χ2n) is 3.47. The lowest BCUT2D eigenvalue weighted by molar-refractivity contribution is -0.117. The molecule has 1 aromatic rings. The zero-order chi connectivity index (χ0) is 12.0. The maximum atomic E-state index is 11.3. The van der Waals surface area contributed by atoms with Crippen LogP contribution in [0, 0.1) is 6.92 Å². The molecule has 16 heavy (non-hydrogen) atoms. The first-order chi connectivity index (χ1) is 7.67. The molecule has 1 aromatic carbocycles. The molecule has 1 rings (SSSR count). The van der Waals surface area contributed by atoms with E-state index in [2.05, 4.69) is 4.99 Å². The van der Waals surface area contributed by atoms with Gasteiger partial charge in [0.05, 0.1) is 6.61 Å². The van der Waals surface area contributed by atoms with Crippen molar-refractivity contribution in [3.63, 3.8) is 0 Å². The average molecular weight is 219 g/mol. The lowest BCUT2D eigenvalue weighted by Crippen LogP contribution is -2.09. The van der Waals surface area contributed by atoms with E-state index in [1.165, 1.54) is 0 Å². The Labute approximate surface area is 96.2 Å². The summed E-state index contributed by atoms with van der Waals surface area (Å²) in [6, 6.07) is 7.77. The minimum Gasteiger partial charge on any atom is -0.477 e. The number of rotatable bonds is 3. The summed E-state index contributed by atoms with van der Waals surface area (Å²) >= 11 is 0. The molecular formula is C13H17NO2. The summed E-state index contributed by atoms with van der Waals surface area (Å²) in [4.78, 5) is 15.2. The molecule has 1 amide bonds. The normalized spacial score (nSPS) is 11.3. The number of amides is 1. The fourth-order valence-corrected chi connectivity index (χ4v) is 1.29. The van der Waals surface area contributed by atoms with Crippen LogP contribution in [0.3, 0.4) is 0 Å². The van der Waals surface area contributed by atoms with E-state index in [-0.39, 0.29) is 5.91 Å². The fourth-order valence-electron chi connectivity index (χ4n) is 1.29. The highest BCUT2D eigenvalue weighted by Crippen LogP contribution is 2.07. The van der Waals surface area contributed by atoms with Crippen LogP contribution in [-0.2, 0) is 9.53 Å². The van der Waals surface area contributed by atoms with E-state index in [9.17, 15) is 4.79 Å². The van der Waals surface area contributed by atoms with Gasteiger partial charge in [0.25, 0.3) is 0 Å². The van der Waals surface area contributed by atoms with Crippen LogP contribution < -0.4 is 0 Å². The molecule has 3 nitrogen and oxygen atoms in total. The maximum absolute atomic E-state index is 11.3. The number of ether oxygens (including phenoxy) is 1. The molecule has 0 radical (unpaired) electrons. The summed E-state index contributed by atoms with van der Waals surface area (Å²) in [7, 11) is 0. The van der Waals surface area contributed by atoms with Crippen LogP contribution >= 0.6 is 0 Å². The van der Waals surface area contributed by atoms with Crippen LogP contribution in [0.1, 0.15) is 31.4 Å². The standard InChI is InChI=1S/C13H17NO2/c1-4-12(15)14-13(16-5-2)11-8-6-7-10(3)9-11/h6-9H,4-5H2,1-3H3/b14-13-. The molecular weight excluding hydrogens is 202 g/mol. The Morgan fingerprint density at radius 3 is 2.69 bits per heavy atom. The first-order valence-corrected chi connectivity index (χ1v) is 5.48. The van der Waals surface area contributed by atoms with Crippen LogP contribution in [0.4, 0.5) is 0 Å². The molecule has 0 aliphatic heterocycles. The van der Waals surface area contributed by atoms with Crippen molar-refractivity contribution in [3.8, 4) is 0 Å². The van der Waals surface area contributed by atoms with Crippen LogP contribution in [0.25, 0.3) is 0 Å². The predicted molar refractivity (Wildman–Crippen MR) is 64.6 cm³/mol. The molecule has 3 heteroatoms. The molecule has 0 unspecified atom stereocenters. The molecule has 0 aliphatic carbocycles. The average Bonchev–Trinajstić information content (AvgIpc) is 2.28. The lowest BCUT2D eigenvalue weighted by Gasteiger charge is -2.07. The van der Waals surface area contributed by atoms with Crippen molar-refractivity contribution in [1.82, 2.24) is 0 Å². The Balaban J connectivity index is 3.02. The Bertz CT molecular complexity index is 397. The number of aryl methyl sites for hydroxylation is 1. The van der Waals surface area contributed by atoms with Gasteiger partial charge in [-0.15, -0.1) is 0 Å². The zero-order valence-electron chi connectivity index (χ0n) is 9.99. The monoisotopic (exact) mass is 219 g/mol. The summed E-state index contributed by atoms with van der Waals surface area (Å²) < 4.78 is 5.38. The smallest absolute Gasteiger partial charge is 0.248 e. The van der Waals surface area contributed by atoms with Crippen LogP contribution in [0.2, 0.25) is 0 Å². The van der Waals surface area contributed by atoms with Crippen molar-refractivity contribution < 1.29 is 9.53 Å². The van der Waals surface area contributed by atoms with Gasteiger partial charge >= 0.3 is 0 Å². The lowest BCUT2D eigenvalue weighted by atomic mass is 10.1. The molecule has 0 atom stereocenters. The molecule has 0 saturated heterocycles. The van der Waals surface area contributed by atoms with Gasteiger partial charge in [0, 0.05) is 12.0 Å². The highest BCUT2D eigenvalue weighted by Gasteiger charge is 2.06. The number of hydrogen-bond donors (Lipinski definition) is 0. The van der Waals surface area contributed by atoms with Crippen molar-refractivity contribution in [2.24, 2.45) is 4.99 Å². The minimum absolute atomic E-state index is 0.162. The van der Waals surface area contributed by atoms with Crippen molar-refractivity contribution in [2.45, 2.75) is 27.2 Å². The van der Waals surface area contributed by atoms with Gasteiger partial charge < -0.3 is 4.74 Å². The summed E-state index contributed by atoms with van der Waals surface area (Å²) in [6.07, 6.45) is 0.391. The summed E-state index contributed by atoms with van der Waals surface area (Å²) in [5.74, 6) is 0.253. The predicted octanol–water partition coefficient (Wildman–Crippen LogP) is 2.71.